The molecule has 3 aromatic rings. The highest BCUT2D eigenvalue weighted by Crippen LogP contribution is 2.28. The van der Waals surface area contributed by atoms with Gasteiger partial charge in [0.05, 0.1) is 28.3 Å². The number of sulfonamides is 1. The zero-order valence-electron chi connectivity index (χ0n) is 17.6. The van der Waals surface area contributed by atoms with Gasteiger partial charge in [-0.05, 0) is 73.5 Å². The van der Waals surface area contributed by atoms with E-state index in [4.69, 9.17) is 16.3 Å². The molecule has 0 aromatic heterocycles. The average Bonchev–Trinajstić information content (AvgIpc) is 2.76. The van der Waals surface area contributed by atoms with E-state index < -0.39 is 15.9 Å². The summed E-state index contributed by atoms with van der Waals surface area (Å²) in [5.41, 5.74) is 3.13. The number of ether oxygens (including phenoxy) is 1. The Bertz CT molecular complexity index is 1220. The lowest BCUT2D eigenvalue weighted by Gasteiger charge is -2.20. The Kier molecular flexibility index (Phi) is 6.57. The number of nitrogens with zero attached hydrogens (tertiary/aromatic N) is 1. The maximum absolute atomic E-state index is 13.2. The van der Waals surface area contributed by atoms with Crippen LogP contribution in [0.1, 0.15) is 21.5 Å². The van der Waals surface area contributed by atoms with E-state index in [0.717, 1.165) is 15.4 Å². The van der Waals surface area contributed by atoms with Crippen molar-refractivity contribution in [2.24, 2.45) is 0 Å². The van der Waals surface area contributed by atoms with E-state index in [1.807, 2.05) is 26.0 Å². The first-order chi connectivity index (χ1) is 14.6. The van der Waals surface area contributed by atoms with Crippen molar-refractivity contribution in [3.63, 3.8) is 0 Å². The van der Waals surface area contributed by atoms with Crippen molar-refractivity contribution >= 4 is 38.9 Å². The van der Waals surface area contributed by atoms with Gasteiger partial charge in [-0.15, -0.1) is 0 Å². The summed E-state index contributed by atoms with van der Waals surface area (Å²) < 4.78 is 32.6. The third kappa shape index (κ3) is 4.68. The molecule has 0 bridgehead atoms. The molecule has 0 radical (unpaired) electrons. The molecule has 1 N–H and O–H groups in total. The zero-order valence-corrected chi connectivity index (χ0v) is 19.2. The molecule has 31 heavy (non-hydrogen) atoms. The maximum atomic E-state index is 13.2. The minimum atomic E-state index is -3.92. The highest BCUT2D eigenvalue weighted by Gasteiger charge is 2.24. The number of halogens is 1. The summed E-state index contributed by atoms with van der Waals surface area (Å²) in [7, 11) is -0.937. The first kappa shape index (κ1) is 22.7. The van der Waals surface area contributed by atoms with E-state index in [9.17, 15) is 13.2 Å². The van der Waals surface area contributed by atoms with Gasteiger partial charge in [-0.3, -0.25) is 9.10 Å². The summed E-state index contributed by atoms with van der Waals surface area (Å²) in [5.74, 6) is 0.134. The van der Waals surface area contributed by atoms with Crippen LogP contribution in [0.25, 0.3) is 0 Å². The molecule has 0 spiro atoms. The molecule has 0 aliphatic rings. The molecule has 3 rings (SSSR count). The molecule has 3 aromatic carbocycles. The molecule has 8 heteroatoms. The first-order valence-electron chi connectivity index (χ1n) is 9.45. The van der Waals surface area contributed by atoms with Gasteiger partial charge < -0.3 is 10.1 Å². The van der Waals surface area contributed by atoms with Crippen LogP contribution < -0.4 is 14.4 Å². The second-order valence-electron chi connectivity index (χ2n) is 7.01. The Morgan fingerprint density at radius 1 is 1.03 bits per heavy atom. The lowest BCUT2D eigenvalue weighted by atomic mass is 10.1. The molecular weight excluding hydrogens is 436 g/mol. The van der Waals surface area contributed by atoms with Crippen LogP contribution >= 0.6 is 11.6 Å². The molecule has 6 nitrogen and oxygen atoms in total. The van der Waals surface area contributed by atoms with Crippen LogP contribution in [-0.4, -0.2) is 28.5 Å². The molecule has 0 saturated carbocycles. The number of benzene rings is 3. The predicted octanol–water partition coefficient (Wildman–Crippen LogP) is 5.04. The molecule has 0 unspecified atom stereocenters. The van der Waals surface area contributed by atoms with Gasteiger partial charge in [0.15, 0.2) is 0 Å². The first-order valence-corrected chi connectivity index (χ1v) is 11.3. The smallest absolute Gasteiger partial charge is 0.264 e. The fraction of sp³-hybridized carbons (Fsp3) is 0.174. The van der Waals surface area contributed by atoms with Crippen LogP contribution in [0.15, 0.2) is 65.6 Å². The van der Waals surface area contributed by atoms with Crippen LogP contribution in [0.3, 0.4) is 0 Å². The molecule has 0 aliphatic carbocycles. The summed E-state index contributed by atoms with van der Waals surface area (Å²) in [6.07, 6.45) is 0. The van der Waals surface area contributed by atoms with Gasteiger partial charge in [-0.25, -0.2) is 8.42 Å². The fourth-order valence-corrected chi connectivity index (χ4v) is 4.43. The molecular formula is C23H23ClN2O4S. The van der Waals surface area contributed by atoms with Crippen LogP contribution in [0.4, 0.5) is 11.4 Å². The lowest BCUT2D eigenvalue weighted by molar-refractivity contribution is 0.102. The fourth-order valence-electron chi connectivity index (χ4n) is 3.00. The largest absolute Gasteiger partial charge is 0.497 e. The summed E-state index contributed by atoms with van der Waals surface area (Å²) in [6, 6.07) is 16.3. The van der Waals surface area contributed by atoms with Crippen LogP contribution in [-0.2, 0) is 10.0 Å². The van der Waals surface area contributed by atoms with Crippen LogP contribution in [0.2, 0.25) is 5.02 Å². The van der Waals surface area contributed by atoms with Gasteiger partial charge >= 0.3 is 0 Å². The number of amides is 1. The standard InChI is InChI=1S/C23H23ClN2O4S/c1-15-6-5-7-22(16(15)2)25-23(27)20-14-19(12-13-21(20)24)31(28,29)26(3)17-8-10-18(30-4)11-9-17/h5-14H,1-4H3,(H,25,27). The Hall–Kier alpha value is -3.03. The van der Waals surface area contributed by atoms with Gasteiger partial charge in [0.2, 0.25) is 0 Å². The van der Waals surface area contributed by atoms with Crippen LogP contribution in [0.5, 0.6) is 5.75 Å². The molecule has 162 valence electrons. The van der Waals surface area contributed by atoms with Gasteiger partial charge in [0.1, 0.15) is 5.75 Å². The Morgan fingerprint density at radius 2 is 1.71 bits per heavy atom. The summed E-state index contributed by atoms with van der Waals surface area (Å²) in [5, 5.41) is 2.98. The minimum absolute atomic E-state index is 0.0404. The molecule has 0 aliphatic heterocycles. The zero-order chi connectivity index (χ0) is 22.8. The van der Waals surface area contributed by atoms with Crippen LogP contribution in [0, 0.1) is 13.8 Å². The Morgan fingerprint density at radius 3 is 2.35 bits per heavy atom. The number of carbonyl (C=O) groups is 1. The van der Waals surface area contributed by atoms with Gasteiger partial charge in [-0.1, -0.05) is 23.7 Å². The van der Waals surface area contributed by atoms with Crippen molar-refractivity contribution in [2.75, 3.05) is 23.8 Å². The van der Waals surface area contributed by atoms with E-state index in [2.05, 4.69) is 5.32 Å². The SMILES string of the molecule is COc1ccc(N(C)S(=O)(=O)c2ccc(Cl)c(C(=O)Nc3cccc(C)c3C)c2)cc1. The predicted molar refractivity (Wildman–Crippen MR) is 124 cm³/mol. The van der Waals surface area contributed by atoms with Gasteiger partial charge in [-0.2, -0.15) is 0 Å². The van der Waals surface area contributed by atoms with E-state index in [-0.39, 0.29) is 15.5 Å². The summed E-state index contributed by atoms with van der Waals surface area (Å²) in [4.78, 5) is 12.8. The number of nitrogens with one attached hydrogen (secondary N) is 1. The summed E-state index contributed by atoms with van der Waals surface area (Å²) >= 11 is 6.23. The van der Waals surface area contributed by atoms with Gasteiger partial charge in [0.25, 0.3) is 15.9 Å². The number of anilines is 2. The average molecular weight is 459 g/mol. The lowest BCUT2D eigenvalue weighted by Crippen LogP contribution is -2.27. The quantitative estimate of drug-likeness (QED) is 0.561. The maximum Gasteiger partial charge on any atom is 0.264 e. The third-order valence-electron chi connectivity index (χ3n) is 5.13. The number of carbonyl (C=O) groups excluding carboxylic acids is 1. The van der Waals surface area contributed by atoms with Crippen molar-refractivity contribution in [3.05, 3.63) is 82.4 Å². The second kappa shape index (κ2) is 8.99. The number of methoxy groups -OCH3 is 1. The number of aryl methyl sites for hydroxylation is 1. The highest BCUT2D eigenvalue weighted by atomic mass is 35.5. The van der Waals surface area contributed by atoms with Crippen molar-refractivity contribution in [1.29, 1.82) is 0 Å². The van der Waals surface area contributed by atoms with Crippen molar-refractivity contribution in [3.8, 4) is 5.75 Å². The number of hydrogen-bond acceptors (Lipinski definition) is 4. The second-order valence-corrected chi connectivity index (χ2v) is 9.39. The molecule has 0 heterocycles. The minimum Gasteiger partial charge on any atom is -0.497 e. The molecule has 1 amide bonds. The Balaban J connectivity index is 1.93. The van der Waals surface area contributed by atoms with Gasteiger partial charge in [0, 0.05) is 12.7 Å². The van der Waals surface area contributed by atoms with E-state index in [0.29, 0.717) is 17.1 Å². The Labute approximate surface area is 187 Å². The van der Waals surface area contributed by atoms with Crippen molar-refractivity contribution < 1.29 is 17.9 Å². The number of hydrogen-bond donors (Lipinski definition) is 1. The van der Waals surface area contributed by atoms with E-state index in [1.165, 1.54) is 32.4 Å². The number of rotatable bonds is 6. The van der Waals surface area contributed by atoms with E-state index >= 15 is 0 Å². The molecule has 0 atom stereocenters. The molecule has 0 saturated heterocycles. The molecule has 0 fully saturated rings. The normalized spacial score (nSPS) is 11.1. The van der Waals surface area contributed by atoms with E-state index in [1.54, 1.807) is 30.3 Å². The third-order valence-corrected chi connectivity index (χ3v) is 7.24. The van der Waals surface area contributed by atoms with Crippen molar-refractivity contribution in [2.45, 2.75) is 18.7 Å². The highest BCUT2D eigenvalue weighted by molar-refractivity contribution is 7.92. The topological polar surface area (TPSA) is 75.7 Å². The van der Waals surface area contributed by atoms with Crippen molar-refractivity contribution in [1.82, 2.24) is 0 Å². The monoisotopic (exact) mass is 458 g/mol. The summed E-state index contributed by atoms with van der Waals surface area (Å²) in [6.45, 7) is 3.84.